The Bertz CT molecular complexity index is 490. The van der Waals surface area contributed by atoms with Gasteiger partial charge in [0.15, 0.2) is 5.75 Å². The topological polar surface area (TPSA) is 81.8 Å². The number of aliphatic hydroxyl groups excluding tert-OH is 1. The summed E-state index contributed by atoms with van der Waals surface area (Å²) in [6.45, 7) is 4.33. The van der Waals surface area contributed by atoms with Crippen LogP contribution in [0.15, 0.2) is 12.1 Å². The zero-order valence-electron chi connectivity index (χ0n) is 13.5. The number of nitrogens with zero attached hydrogens (tertiary/aromatic N) is 1. The first kappa shape index (κ1) is 18.2. The first-order valence-electron chi connectivity index (χ1n) is 7.72. The van der Waals surface area contributed by atoms with E-state index >= 15 is 0 Å². The summed E-state index contributed by atoms with van der Waals surface area (Å²) in [4.78, 5) is 10.8. The zero-order chi connectivity index (χ0) is 16.5. The van der Waals surface area contributed by atoms with E-state index < -0.39 is 11.0 Å². The van der Waals surface area contributed by atoms with Gasteiger partial charge in [0.2, 0.25) is 5.75 Å². The van der Waals surface area contributed by atoms with Crippen molar-refractivity contribution in [3.05, 3.63) is 27.8 Å². The van der Waals surface area contributed by atoms with Crippen LogP contribution in [0.1, 0.15) is 57.6 Å². The van der Waals surface area contributed by atoms with Crippen LogP contribution in [0, 0.1) is 10.1 Å². The van der Waals surface area contributed by atoms with E-state index in [-0.39, 0.29) is 17.2 Å². The van der Waals surface area contributed by atoms with Crippen molar-refractivity contribution >= 4 is 5.69 Å². The highest BCUT2D eigenvalue weighted by atomic mass is 16.6. The standard InChI is InChI=1S/C16H25NO5/c1-4-6-7-8-9-22-16-13(17(19)20)10-12(14(18)5-2)11-15(16)21-3/h10-11,14,18H,4-9H2,1-3H3. The molecule has 0 spiro atoms. The van der Waals surface area contributed by atoms with E-state index in [1.165, 1.54) is 13.2 Å². The van der Waals surface area contributed by atoms with Gasteiger partial charge in [-0.15, -0.1) is 0 Å². The molecule has 0 aliphatic heterocycles. The number of hydrogen-bond donors (Lipinski definition) is 1. The molecule has 124 valence electrons. The molecule has 0 heterocycles. The summed E-state index contributed by atoms with van der Waals surface area (Å²) in [5.41, 5.74) is 0.293. The SMILES string of the molecule is CCCCCCOc1c(OC)cc(C(O)CC)cc1[N+](=O)[O-]. The molecule has 1 aromatic rings. The van der Waals surface area contributed by atoms with Gasteiger partial charge in [0.05, 0.1) is 24.7 Å². The third kappa shape index (κ3) is 4.87. The summed E-state index contributed by atoms with van der Waals surface area (Å²) >= 11 is 0. The van der Waals surface area contributed by atoms with Crippen molar-refractivity contribution in [1.82, 2.24) is 0 Å². The molecular formula is C16H25NO5. The number of benzene rings is 1. The molecule has 0 aromatic heterocycles. The number of unbranched alkanes of at least 4 members (excludes halogenated alkanes) is 3. The maximum atomic E-state index is 11.3. The second-order valence-corrected chi connectivity index (χ2v) is 5.16. The molecule has 1 aromatic carbocycles. The third-order valence-corrected chi connectivity index (χ3v) is 3.49. The number of hydrogen-bond acceptors (Lipinski definition) is 5. The summed E-state index contributed by atoms with van der Waals surface area (Å²) in [6, 6.07) is 2.96. The van der Waals surface area contributed by atoms with E-state index in [0.29, 0.717) is 18.6 Å². The fraction of sp³-hybridized carbons (Fsp3) is 0.625. The minimum Gasteiger partial charge on any atom is -0.493 e. The summed E-state index contributed by atoms with van der Waals surface area (Å²) in [6.07, 6.45) is 3.81. The molecule has 0 saturated carbocycles. The van der Waals surface area contributed by atoms with Gasteiger partial charge in [-0.1, -0.05) is 33.1 Å². The van der Waals surface area contributed by atoms with Gasteiger partial charge in [0.25, 0.3) is 0 Å². The number of nitro benzene ring substituents is 1. The molecule has 1 atom stereocenters. The van der Waals surface area contributed by atoms with Crippen molar-refractivity contribution in [3.8, 4) is 11.5 Å². The Balaban J connectivity index is 3.00. The molecule has 0 bridgehead atoms. The van der Waals surface area contributed by atoms with Gasteiger partial charge < -0.3 is 14.6 Å². The van der Waals surface area contributed by atoms with Crippen LogP contribution in [-0.4, -0.2) is 23.7 Å². The first-order chi connectivity index (χ1) is 10.5. The van der Waals surface area contributed by atoms with Crippen molar-refractivity contribution in [2.75, 3.05) is 13.7 Å². The minimum absolute atomic E-state index is 0.135. The average molecular weight is 311 g/mol. The quantitative estimate of drug-likeness (QED) is 0.401. The molecule has 1 N–H and O–H groups in total. The van der Waals surface area contributed by atoms with E-state index in [1.54, 1.807) is 13.0 Å². The van der Waals surface area contributed by atoms with Crippen LogP contribution in [0.5, 0.6) is 11.5 Å². The maximum absolute atomic E-state index is 11.3. The third-order valence-electron chi connectivity index (χ3n) is 3.49. The molecule has 0 radical (unpaired) electrons. The second-order valence-electron chi connectivity index (χ2n) is 5.16. The van der Waals surface area contributed by atoms with Crippen LogP contribution < -0.4 is 9.47 Å². The Kier molecular flexibility index (Phi) is 7.66. The molecule has 22 heavy (non-hydrogen) atoms. The highest BCUT2D eigenvalue weighted by Gasteiger charge is 2.24. The van der Waals surface area contributed by atoms with Crippen molar-refractivity contribution < 1.29 is 19.5 Å². The average Bonchev–Trinajstić information content (AvgIpc) is 2.53. The van der Waals surface area contributed by atoms with Gasteiger partial charge in [0, 0.05) is 6.07 Å². The van der Waals surface area contributed by atoms with E-state index in [0.717, 1.165) is 25.7 Å². The van der Waals surface area contributed by atoms with E-state index in [9.17, 15) is 15.2 Å². The lowest BCUT2D eigenvalue weighted by atomic mass is 10.1. The molecule has 0 aliphatic rings. The lowest BCUT2D eigenvalue weighted by molar-refractivity contribution is -0.386. The van der Waals surface area contributed by atoms with Crippen LogP contribution in [0.4, 0.5) is 5.69 Å². The Morgan fingerprint density at radius 1 is 1.27 bits per heavy atom. The van der Waals surface area contributed by atoms with Crippen molar-refractivity contribution in [2.45, 2.75) is 52.1 Å². The van der Waals surface area contributed by atoms with E-state index in [1.807, 2.05) is 0 Å². The van der Waals surface area contributed by atoms with E-state index in [4.69, 9.17) is 9.47 Å². The molecule has 6 heteroatoms. The fourth-order valence-corrected chi connectivity index (χ4v) is 2.17. The highest BCUT2D eigenvalue weighted by Crippen LogP contribution is 2.40. The van der Waals surface area contributed by atoms with Gasteiger partial charge in [-0.05, 0) is 24.5 Å². The van der Waals surface area contributed by atoms with Crippen LogP contribution in [0.3, 0.4) is 0 Å². The molecule has 0 amide bonds. The summed E-state index contributed by atoms with van der Waals surface area (Å²) in [5, 5.41) is 21.2. The van der Waals surface area contributed by atoms with Crippen LogP contribution in [-0.2, 0) is 0 Å². The van der Waals surface area contributed by atoms with Crippen LogP contribution in [0.25, 0.3) is 0 Å². The minimum atomic E-state index is -0.758. The van der Waals surface area contributed by atoms with Crippen LogP contribution >= 0.6 is 0 Å². The molecule has 0 saturated heterocycles. The second kappa shape index (κ2) is 9.25. The summed E-state index contributed by atoms with van der Waals surface area (Å²) < 4.78 is 10.8. The monoisotopic (exact) mass is 311 g/mol. The Hall–Kier alpha value is -1.82. The molecule has 0 fully saturated rings. The molecule has 1 rings (SSSR count). The highest BCUT2D eigenvalue weighted by molar-refractivity contribution is 5.58. The number of rotatable bonds is 10. The van der Waals surface area contributed by atoms with Gasteiger partial charge in [0.1, 0.15) is 0 Å². The molecule has 1 unspecified atom stereocenters. The zero-order valence-corrected chi connectivity index (χ0v) is 13.5. The first-order valence-corrected chi connectivity index (χ1v) is 7.72. The summed E-state index contributed by atoms with van der Waals surface area (Å²) in [7, 11) is 1.44. The van der Waals surface area contributed by atoms with E-state index in [2.05, 4.69) is 6.92 Å². The predicted molar refractivity (Wildman–Crippen MR) is 84.5 cm³/mol. The number of methoxy groups -OCH3 is 1. The smallest absolute Gasteiger partial charge is 0.315 e. The lowest BCUT2D eigenvalue weighted by Gasteiger charge is -2.15. The fourth-order valence-electron chi connectivity index (χ4n) is 2.17. The largest absolute Gasteiger partial charge is 0.493 e. The summed E-state index contributed by atoms with van der Waals surface area (Å²) in [5.74, 6) is 0.420. The Morgan fingerprint density at radius 2 is 2.00 bits per heavy atom. The van der Waals surface area contributed by atoms with Gasteiger partial charge in [-0.3, -0.25) is 10.1 Å². The maximum Gasteiger partial charge on any atom is 0.315 e. The molecule has 6 nitrogen and oxygen atoms in total. The Morgan fingerprint density at radius 3 is 2.55 bits per heavy atom. The van der Waals surface area contributed by atoms with Crippen molar-refractivity contribution in [3.63, 3.8) is 0 Å². The van der Waals surface area contributed by atoms with Gasteiger partial charge in [-0.25, -0.2) is 0 Å². The molecular weight excluding hydrogens is 286 g/mol. The number of ether oxygens (including phenoxy) is 2. The van der Waals surface area contributed by atoms with Crippen molar-refractivity contribution in [1.29, 1.82) is 0 Å². The number of aliphatic hydroxyl groups is 1. The molecule has 0 aliphatic carbocycles. The number of nitro groups is 1. The lowest BCUT2D eigenvalue weighted by Crippen LogP contribution is -2.05. The Labute approximate surface area is 131 Å². The predicted octanol–water partition coefficient (Wildman–Crippen LogP) is 4.01. The normalized spacial score (nSPS) is 12.0. The van der Waals surface area contributed by atoms with Crippen molar-refractivity contribution in [2.24, 2.45) is 0 Å². The van der Waals surface area contributed by atoms with Gasteiger partial charge >= 0.3 is 5.69 Å². The van der Waals surface area contributed by atoms with Crippen LogP contribution in [0.2, 0.25) is 0 Å². The van der Waals surface area contributed by atoms with Gasteiger partial charge in [-0.2, -0.15) is 0 Å².